The summed E-state index contributed by atoms with van der Waals surface area (Å²) in [6.45, 7) is 5.70. The van der Waals surface area contributed by atoms with Gasteiger partial charge in [-0.1, -0.05) is 12.0 Å². The second kappa shape index (κ2) is 7.59. The molecule has 0 radical (unpaired) electrons. The first-order valence-corrected chi connectivity index (χ1v) is 8.69. The van der Waals surface area contributed by atoms with Crippen LogP contribution in [0, 0.1) is 12.3 Å². The summed E-state index contributed by atoms with van der Waals surface area (Å²) in [5, 5.41) is 0. The van der Waals surface area contributed by atoms with Gasteiger partial charge in [-0.3, -0.25) is 9.78 Å². The normalized spacial score (nSPS) is 19.7. The van der Waals surface area contributed by atoms with E-state index in [1.165, 1.54) is 0 Å². The van der Waals surface area contributed by atoms with Gasteiger partial charge in [-0.2, -0.15) is 0 Å². The van der Waals surface area contributed by atoms with E-state index < -0.39 is 0 Å². The highest BCUT2D eigenvalue weighted by molar-refractivity contribution is 6.04. The van der Waals surface area contributed by atoms with E-state index in [9.17, 15) is 4.79 Å². The summed E-state index contributed by atoms with van der Waals surface area (Å²) in [5.74, 6) is 2.42. The SMILES string of the molecule is C#Cc1cccc(N(C)C(=O)c2cc(N3CC(C)OC(C)C3)ccn2)c1. The van der Waals surface area contributed by atoms with E-state index in [0.717, 1.165) is 30.0 Å². The Balaban J connectivity index is 1.83. The average Bonchev–Trinajstić information content (AvgIpc) is 2.66. The van der Waals surface area contributed by atoms with Crippen LogP contribution in [0.3, 0.4) is 0 Å². The zero-order chi connectivity index (χ0) is 18.7. The van der Waals surface area contributed by atoms with Crippen molar-refractivity contribution in [2.75, 3.05) is 29.9 Å². The lowest BCUT2D eigenvalue weighted by atomic mass is 10.1. The molecule has 0 aliphatic carbocycles. The highest BCUT2D eigenvalue weighted by Gasteiger charge is 2.23. The molecule has 0 N–H and O–H groups in total. The van der Waals surface area contributed by atoms with E-state index in [1.54, 1.807) is 18.1 Å². The van der Waals surface area contributed by atoms with Gasteiger partial charge in [0.05, 0.1) is 12.2 Å². The number of hydrogen-bond acceptors (Lipinski definition) is 4. The molecule has 2 aromatic rings. The highest BCUT2D eigenvalue weighted by atomic mass is 16.5. The summed E-state index contributed by atoms with van der Waals surface area (Å²) in [4.78, 5) is 20.9. The van der Waals surface area contributed by atoms with Gasteiger partial charge in [0, 0.05) is 43.3 Å². The number of benzene rings is 1. The third kappa shape index (κ3) is 3.87. The van der Waals surface area contributed by atoms with Crippen LogP contribution in [0.25, 0.3) is 0 Å². The van der Waals surface area contributed by atoms with Crippen molar-refractivity contribution in [3.05, 3.63) is 53.9 Å². The van der Waals surface area contributed by atoms with Gasteiger partial charge in [0.25, 0.3) is 5.91 Å². The lowest BCUT2D eigenvalue weighted by Crippen LogP contribution is -2.45. The summed E-state index contributed by atoms with van der Waals surface area (Å²) in [5.41, 5.74) is 2.87. The molecule has 1 aliphatic rings. The summed E-state index contributed by atoms with van der Waals surface area (Å²) < 4.78 is 5.78. The average molecular weight is 349 g/mol. The number of ether oxygens (including phenoxy) is 1. The number of anilines is 2. The quantitative estimate of drug-likeness (QED) is 0.800. The predicted molar refractivity (Wildman–Crippen MR) is 104 cm³/mol. The maximum atomic E-state index is 12.9. The molecule has 0 saturated carbocycles. The Morgan fingerprint density at radius 2 is 2.00 bits per heavy atom. The van der Waals surface area contributed by atoms with Gasteiger partial charge >= 0.3 is 0 Å². The van der Waals surface area contributed by atoms with Crippen LogP contribution in [-0.2, 0) is 4.74 Å². The molecule has 3 rings (SSSR count). The molecule has 5 heteroatoms. The Labute approximate surface area is 154 Å². The van der Waals surface area contributed by atoms with Gasteiger partial charge < -0.3 is 14.5 Å². The molecule has 0 bridgehead atoms. The second-order valence-corrected chi connectivity index (χ2v) is 6.62. The fourth-order valence-electron chi connectivity index (χ4n) is 3.22. The Bertz CT molecular complexity index is 833. The number of carbonyl (C=O) groups is 1. The summed E-state index contributed by atoms with van der Waals surface area (Å²) in [6, 6.07) is 11.1. The van der Waals surface area contributed by atoms with Gasteiger partial charge in [-0.25, -0.2) is 0 Å². The minimum atomic E-state index is -0.171. The summed E-state index contributed by atoms with van der Waals surface area (Å²) in [7, 11) is 1.73. The van der Waals surface area contributed by atoms with E-state index in [4.69, 9.17) is 11.2 Å². The summed E-state index contributed by atoms with van der Waals surface area (Å²) in [6.07, 6.45) is 7.44. The van der Waals surface area contributed by atoms with Crippen molar-refractivity contribution in [1.29, 1.82) is 0 Å². The lowest BCUT2D eigenvalue weighted by Gasteiger charge is -2.36. The zero-order valence-electron chi connectivity index (χ0n) is 15.3. The Hall–Kier alpha value is -2.84. The molecule has 2 atom stereocenters. The molecule has 1 saturated heterocycles. The number of terminal acetylenes is 1. The molecule has 2 heterocycles. The fraction of sp³-hybridized carbons (Fsp3) is 0.333. The Morgan fingerprint density at radius 1 is 1.27 bits per heavy atom. The molecule has 134 valence electrons. The molecule has 1 aromatic carbocycles. The number of hydrogen-bond donors (Lipinski definition) is 0. The van der Waals surface area contributed by atoms with Gasteiger partial charge in [-0.05, 0) is 44.2 Å². The number of nitrogens with zero attached hydrogens (tertiary/aromatic N) is 3. The van der Waals surface area contributed by atoms with E-state index in [-0.39, 0.29) is 18.1 Å². The molecule has 1 amide bonds. The molecular weight excluding hydrogens is 326 g/mol. The molecular formula is C21H23N3O2. The molecule has 1 fully saturated rings. The largest absolute Gasteiger partial charge is 0.372 e. The molecule has 1 aromatic heterocycles. The van der Waals surface area contributed by atoms with Crippen molar-refractivity contribution in [2.24, 2.45) is 0 Å². The molecule has 26 heavy (non-hydrogen) atoms. The van der Waals surface area contributed by atoms with E-state index >= 15 is 0 Å². The smallest absolute Gasteiger partial charge is 0.276 e. The minimum absolute atomic E-state index is 0.153. The van der Waals surface area contributed by atoms with Crippen molar-refractivity contribution < 1.29 is 9.53 Å². The number of aromatic nitrogens is 1. The zero-order valence-corrected chi connectivity index (χ0v) is 15.3. The van der Waals surface area contributed by atoms with Gasteiger partial charge in [0.1, 0.15) is 5.69 Å². The fourth-order valence-corrected chi connectivity index (χ4v) is 3.22. The van der Waals surface area contributed by atoms with Crippen LogP contribution >= 0.6 is 0 Å². The number of pyridine rings is 1. The van der Waals surface area contributed by atoms with Crippen LogP contribution in [0.1, 0.15) is 29.9 Å². The monoisotopic (exact) mass is 349 g/mol. The standard InChI is InChI=1S/C21H23N3O2/c1-5-17-7-6-8-18(11-17)23(4)21(25)20-12-19(9-10-22-20)24-13-15(2)26-16(3)14-24/h1,6-12,15-16H,13-14H2,2-4H3. The van der Waals surface area contributed by atoms with Crippen molar-refractivity contribution in [2.45, 2.75) is 26.1 Å². The van der Waals surface area contributed by atoms with Crippen LogP contribution < -0.4 is 9.80 Å². The molecule has 0 spiro atoms. The predicted octanol–water partition coefficient (Wildman–Crippen LogP) is 2.95. The number of morpholine rings is 1. The van der Waals surface area contributed by atoms with Gasteiger partial charge in [-0.15, -0.1) is 6.42 Å². The van der Waals surface area contributed by atoms with Crippen molar-refractivity contribution in [1.82, 2.24) is 4.98 Å². The van der Waals surface area contributed by atoms with E-state index in [1.807, 2.05) is 36.4 Å². The number of rotatable bonds is 3. The highest BCUT2D eigenvalue weighted by Crippen LogP contribution is 2.22. The van der Waals surface area contributed by atoms with Gasteiger partial charge in [0.15, 0.2) is 0 Å². The van der Waals surface area contributed by atoms with Crippen LogP contribution in [0.15, 0.2) is 42.6 Å². The minimum Gasteiger partial charge on any atom is -0.372 e. The first-order chi connectivity index (χ1) is 12.5. The first kappa shape index (κ1) is 18.0. The lowest BCUT2D eigenvalue weighted by molar-refractivity contribution is -0.00522. The van der Waals surface area contributed by atoms with E-state index in [2.05, 4.69) is 29.7 Å². The molecule has 1 aliphatic heterocycles. The third-order valence-corrected chi connectivity index (χ3v) is 4.45. The van der Waals surface area contributed by atoms with Crippen LogP contribution in [0.4, 0.5) is 11.4 Å². The van der Waals surface area contributed by atoms with Crippen molar-refractivity contribution in [3.63, 3.8) is 0 Å². The summed E-state index contributed by atoms with van der Waals surface area (Å²) >= 11 is 0. The van der Waals surface area contributed by atoms with E-state index in [0.29, 0.717) is 5.69 Å². The molecule has 2 unspecified atom stereocenters. The number of amides is 1. The van der Waals surface area contributed by atoms with Crippen LogP contribution in [-0.4, -0.2) is 43.2 Å². The number of carbonyl (C=O) groups excluding carboxylic acids is 1. The van der Waals surface area contributed by atoms with Crippen LogP contribution in [0.2, 0.25) is 0 Å². The maximum absolute atomic E-state index is 12.9. The first-order valence-electron chi connectivity index (χ1n) is 8.69. The second-order valence-electron chi connectivity index (χ2n) is 6.62. The Kier molecular flexibility index (Phi) is 5.24. The van der Waals surface area contributed by atoms with Gasteiger partial charge in [0.2, 0.25) is 0 Å². The molecule has 5 nitrogen and oxygen atoms in total. The van der Waals surface area contributed by atoms with Crippen molar-refractivity contribution in [3.8, 4) is 12.3 Å². The Morgan fingerprint density at radius 3 is 2.69 bits per heavy atom. The van der Waals surface area contributed by atoms with Crippen molar-refractivity contribution >= 4 is 17.3 Å². The maximum Gasteiger partial charge on any atom is 0.276 e. The van der Waals surface area contributed by atoms with Crippen LogP contribution in [0.5, 0.6) is 0 Å². The third-order valence-electron chi connectivity index (χ3n) is 4.45. The topological polar surface area (TPSA) is 45.7 Å².